The lowest BCUT2D eigenvalue weighted by molar-refractivity contribution is 0.0924. The molecule has 6 nitrogen and oxygen atoms in total. The highest BCUT2D eigenvalue weighted by Gasteiger charge is 2.14. The van der Waals surface area contributed by atoms with Gasteiger partial charge in [0.25, 0.3) is 0 Å². The molecule has 1 unspecified atom stereocenters. The molecule has 2 N–H and O–H groups in total. The Morgan fingerprint density at radius 3 is 2.24 bits per heavy atom. The number of unbranched alkanes of at least 4 members (excludes halogenated alkanes) is 4. The van der Waals surface area contributed by atoms with Crippen LogP contribution in [0.25, 0.3) is 0 Å². The van der Waals surface area contributed by atoms with Gasteiger partial charge in [0, 0.05) is 24.6 Å². The normalized spacial score (nSPS) is 11.4. The van der Waals surface area contributed by atoms with Crippen LogP contribution in [-0.2, 0) is 4.74 Å². The second-order valence-electron chi connectivity index (χ2n) is 8.59. The van der Waals surface area contributed by atoms with E-state index in [1.54, 1.807) is 19.4 Å². The molecule has 33 heavy (non-hydrogen) atoms. The highest BCUT2D eigenvalue weighted by molar-refractivity contribution is 6.01. The summed E-state index contributed by atoms with van der Waals surface area (Å²) in [6.45, 7) is 12.9. The molecule has 0 aliphatic carbocycles. The summed E-state index contributed by atoms with van der Waals surface area (Å²) >= 11 is 0. The zero-order valence-electron chi connectivity index (χ0n) is 21.5. The molecule has 0 saturated carbocycles. The zero-order chi connectivity index (χ0) is 24.6. The van der Waals surface area contributed by atoms with Crippen molar-refractivity contribution in [2.75, 3.05) is 24.4 Å². The Hall–Kier alpha value is -2.60. The van der Waals surface area contributed by atoms with Crippen LogP contribution in [0.2, 0.25) is 0 Å². The molecular formula is C27H43N3O3. The van der Waals surface area contributed by atoms with Gasteiger partial charge < -0.3 is 20.1 Å². The molecule has 2 amide bonds. The molecule has 2 rings (SSSR count). The topological polar surface area (TPSA) is 72.5 Å². The van der Waals surface area contributed by atoms with E-state index >= 15 is 0 Å². The van der Waals surface area contributed by atoms with Crippen LogP contribution in [0.3, 0.4) is 0 Å². The Morgan fingerprint density at radius 2 is 1.64 bits per heavy atom. The first-order valence-corrected chi connectivity index (χ1v) is 12.1. The van der Waals surface area contributed by atoms with E-state index in [2.05, 4.69) is 43.3 Å². The van der Waals surface area contributed by atoms with Crippen LogP contribution < -0.4 is 15.4 Å². The van der Waals surface area contributed by atoms with Crippen molar-refractivity contribution >= 4 is 17.4 Å². The minimum Gasteiger partial charge on any atom is -0.486 e. The average molecular weight is 458 g/mol. The Kier molecular flexibility index (Phi) is 13.9. The number of ether oxygens (including phenoxy) is 2. The van der Waals surface area contributed by atoms with Gasteiger partial charge in [-0.1, -0.05) is 78.0 Å². The minimum absolute atomic E-state index is 0.146. The fourth-order valence-electron chi connectivity index (χ4n) is 3.28. The third-order valence-electron chi connectivity index (χ3n) is 5.02. The smallest absolute Gasteiger partial charge is 0.323 e. The lowest BCUT2D eigenvalue weighted by atomic mass is 10.0. The molecule has 1 atom stereocenters. The molecule has 0 spiro atoms. The number of hydrogen-bond donors (Lipinski definition) is 2. The van der Waals surface area contributed by atoms with E-state index < -0.39 is 0 Å². The second-order valence-corrected chi connectivity index (χ2v) is 8.59. The monoisotopic (exact) mass is 457 g/mol. The van der Waals surface area contributed by atoms with E-state index in [1.165, 1.54) is 32.1 Å². The van der Waals surface area contributed by atoms with Crippen LogP contribution in [0.15, 0.2) is 36.5 Å². The van der Waals surface area contributed by atoms with E-state index in [0.717, 1.165) is 16.9 Å². The molecular weight excluding hydrogens is 414 g/mol. The molecule has 184 valence electrons. The molecule has 1 aromatic heterocycles. The van der Waals surface area contributed by atoms with Crippen molar-refractivity contribution in [1.29, 1.82) is 0 Å². The fraction of sp³-hybridized carbons (Fsp3) is 0.556. The number of methoxy groups -OCH3 is 1. The number of hydrogen-bond acceptors (Lipinski definition) is 4. The number of aromatic nitrogens is 1. The molecule has 0 fully saturated rings. The Bertz CT molecular complexity index is 820. The van der Waals surface area contributed by atoms with Crippen LogP contribution in [0.5, 0.6) is 5.75 Å². The number of para-hydroxylation sites is 1. The lowest BCUT2D eigenvalue weighted by Crippen LogP contribution is -2.23. The molecule has 0 bridgehead atoms. The molecule has 1 aromatic carbocycles. The van der Waals surface area contributed by atoms with Gasteiger partial charge in [0.1, 0.15) is 17.5 Å². The van der Waals surface area contributed by atoms with Crippen molar-refractivity contribution in [2.45, 2.75) is 85.7 Å². The summed E-state index contributed by atoms with van der Waals surface area (Å²) in [5.41, 5.74) is 3.18. The Labute approximate surface area is 200 Å². The Balaban J connectivity index is 0.000000675. The molecule has 0 saturated heterocycles. The first-order chi connectivity index (χ1) is 15.8. The standard InChI is InChI=1S/C20H27N3O3.C7H16/c1-13(2)16-8-6-7-9-17(16)22-20(24)23-18-11-21-14(3)10-19(18)26-15(4)12-25-5;1-3-5-7-6-4-2/h6-11,13,15H,12H2,1-5H3,(H2,22,23,24);3-7H2,1-2H3. The number of nitrogens with zero attached hydrogens (tertiary/aromatic N) is 1. The average Bonchev–Trinajstić information content (AvgIpc) is 2.77. The second kappa shape index (κ2) is 16.1. The molecule has 0 aliphatic rings. The van der Waals surface area contributed by atoms with Gasteiger partial charge in [0.05, 0.1) is 12.8 Å². The lowest BCUT2D eigenvalue weighted by Gasteiger charge is -2.18. The number of benzene rings is 1. The molecule has 0 radical (unpaired) electrons. The highest BCUT2D eigenvalue weighted by Crippen LogP contribution is 2.27. The van der Waals surface area contributed by atoms with Crippen LogP contribution in [0.1, 0.15) is 83.9 Å². The van der Waals surface area contributed by atoms with Crippen molar-refractivity contribution in [3.63, 3.8) is 0 Å². The summed E-state index contributed by atoms with van der Waals surface area (Å²) in [7, 11) is 1.62. The van der Waals surface area contributed by atoms with E-state index in [4.69, 9.17) is 9.47 Å². The van der Waals surface area contributed by atoms with Crippen molar-refractivity contribution in [1.82, 2.24) is 4.98 Å². The van der Waals surface area contributed by atoms with Gasteiger partial charge >= 0.3 is 6.03 Å². The number of amides is 2. The quantitative estimate of drug-likeness (QED) is 0.342. The number of urea groups is 1. The predicted octanol–water partition coefficient (Wildman–Crippen LogP) is 7.55. The molecule has 2 aromatic rings. The summed E-state index contributed by atoms with van der Waals surface area (Å²) in [6.07, 6.45) is 8.46. The maximum Gasteiger partial charge on any atom is 0.323 e. The summed E-state index contributed by atoms with van der Waals surface area (Å²) in [6, 6.07) is 9.22. The number of nitrogens with one attached hydrogen (secondary N) is 2. The molecule has 6 heteroatoms. The first-order valence-electron chi connectivity index (χ1n) is 12.1. The van der Waals surface area contributed by atoms with Crippen LogP contribution in [-0.4, -0.2) is 30.8 Å². The maximum atomic E-state index is 12.5. The van der Waals surface area contributed by atoms with Gasteiger partial charge in [-0.15, -0.1) is 0 Å². The largest absolute Gasteiger partial charge is 0.486 e. The van der Waals surface area contributed by atoms with Crippen LogP contribution in [0.4, 0.5) is 16.2 Å². The van der Waals surface area contributed by atoms with Crippen molar-refractivity contribution in [3.05, 3.63) is 47.8 Å². The van der Waals surface area contributed by atoms with Gasteiger partial charge in [0.2, 0.25) is 0 Å². The first kappa shape index (κ1) is 28.4. The van der Waals surface area contributed by atoms with Gasteiger partial charge in [-0.2, -0.15) is 0 Å². The molecule has 1 heterocycles. The number of carbonyl (C=O) groups is 1. The summed E-state index contributed by atoms with van der Waals surface area (Å²) < 4.78 is 11.0. The summed E-state index contributed by atoms with van der Waals surface area (Å²) in [5, 5.41) is 5.72. The highest BCUT2D eigenvalue weighted by atomic mass is 16.5. The van der Waals surface area contributed by atoms with E-state index in [9.17, 15) is 4.79 Å². The summed E-state index contributed by atoms with van der Waals surface area (Å²) in [4.78, 5) is 16.7. The third-order valence-corrected chi connectivity index (χ3v) is 5.02. The van der Waals surface area contributed by atoms with E-state index in [-0.39, 0.29) is 12.1 Å². The number of carbonyl (C=O) groups excluding carboxylic acids is 1. The van der Waals surface area contributed by atoms with E-state index in [0.29, 0.717) is 24.0 Å². The maximum absolute atomic E-state index is 12.5. The number of aryl methyl sites for hydroxylation is 1. The number of pyridine rings is 1. The van der Waals surface area contributed by atoms with Gasteiger partial charge in [-0.3, -0.25) is 4.98 Å². The van der Waals surface area contributed by atoms with Crippen molar-refractivity contribution in [3.8, 4) is 5.75 Å². The van der Waals surface area contributed by atoms with Crippen LogP contribution in [0, 0.1) is 6.92 Å². The van der Waals surface area contributed by atoms with Gasteiger partial charge in [-0.05, 0) is 31.4 Å². The van der Waals surface area contributed by atoms with E-state index in [1.807, 2.05) is 38.1 Å². The number of anilines is 2. The SMILES string of the molecule is CCCCCCC.COCC(C)Oc1cc(C)ncc1NC(=O)Nc1ccccc1C(C)C. The summed E-state index contributed by atoms with van der Waals surface area (Å²) in [5.74, 6) is 0.871. The molecule has 0 aliphatic heterocycles. The van der Waals surface area contributed by atoms with Crippen molar-refractivity contribution < 1.29 is 14.3 Å². The predicted molar refractivity (Wildman–Crippen MR) is 139 cm³/mol. The van der Waals surface area contributed by atoms with Gasteiger partial charge in [-0.25, -0.2) is 4.79 Å². The minimum atomic E-state index is -0.340. The van der Waals surface area contributed by atoms with Crippen LogP contribution >= 0.6 is 0 Å². The Morgan fingerprint density at radius 1 is 1.00 bits per heavy atom. The van der Waals surface area contributed by atoms with Crippen molar-refractivity contribution in [2.24, 2.45) is 0 Å². The zero-order valence-corrected chi connectivity index (χ0v) is 21.5. The number of rotatable bonds is 11. The van der Waals surface area contributed by atoms with Gasteiger partial charge in [0.15, 0.2) is 0 Å². The fourth-order valence-corrected chi connectivity index (χ4v) is 3.28. The third kappa shape index (κ3) is 11.2.